The minimum Gasteiger partial charge on any atom is -0.494 e. The lowest BCUT2D eigenvalue weighted by Gasteiger charge is -2.07. The smallest absolute Gasteiger partial charge is 0.166 e. The van der Waals surface area contributed by atoms with Gasteiger partial charge in [-0.25, -0.2) is 4.98 Å². The Labute approximate surface area is 154 Å². The van der Waals surface area contributed by atoms with Crippen molar-refractivity contribution in [2.75, 3.05) is 19.0 Å². The molecule has 0 atom stereocenters. The number of imidazole rings is 1. The van der Waals surface area contributed by atoms with E-state index in [0.29, 0.717) is 29.0 Å². The van der Waals surface area contributed by atoms with Crippen molar-refractivity contribution in [1.82, 2.24) is 9.97 Å². The third-order valence-corrected chi connectivity index (χ3v) is 4.58. The fourth-order valence-corrected chi connectivity index (χ4v) is 3.34. The quantitative estimate of drug-likeness (QED) is 0.436. The summed E-state index contributed by atoms with van der Waals surface area (Å²) in [5, 5.41) is 1.96. The lowest BCUT2D eigenvalue weighted by atomic mass is 10.3. The summed E-state index contributed by atoms with van der Waals surface area (Å²) in [4.78, 5) is 7.83. The van der Waals surface area contributed by atoms with Crippen molar-refractivity contribution >= 4 is 46.0 Å². The highest BCUT2D eigenvalue weighted by molar-refractivity contribution is 7.99. The van der Waals surface area contributed by atoms with Gasteiger partial charge in [-0.1, -0.05) is 35.0 Å². The van der Waals surface area contributed by atoms with Crippen LogP contribution in [0.2, 0.25) is 10.0 Å². The van der Waals surface area contributed by atoms with Gasteiger partial charge in [0.1, 0.15) is 11.5 Å². The van der Waals surface area contributed by atoms with Gasteiger partial charge < -0.3 is 14.5 Å². The summed E-state index contributed by atoms with van der Waals surface area (Å²) in [5.74, 6) is 2.22. The molecule has 0 radical (unpaired) electrons. The predicted molar refractivity (Wildman–Crippen MR) is 99.9 cm³/mol. The normalized spacial score (nSPS) is 11.0. The number of hydrogen-bond donors (Lipinski definition) is 1. The van der Waals surface area contributed by atoms with Crippen LogP contribution >= 0.6 is 35.0 Å². The van der Waals surface area contributed by atoms with Gasteiger partial charge in [0, 0.05) is 16.8 Å². The first-order chi connectivity index (χ1) is 11.7. The van der Waals surface area contributed by atoms with Crippen LogP contribution in [0.4, 0.5) is 0 Å². The fourth-order valence-electron chi connectivity index (χ4n) is 2.17. The molecule has 0 aliphatic rings. The van der Waals surface area contributed by atoms with Gasteiger partial charge in [-0.3, -0.25) is 0 Å². The Balaban J connectivity index is 1.55. The largest absolute Gasteiger partial charge is 0.494 e. The highest BCUT2D eigenvalue weighted by Crippen LogP contribution is 2.28. The molecule has 0 unspecified atom stereocenters. The molecule has 0 amide bonds. The molecule has 0 fully saturated rings. The summed E-state index contributed by atoms with van der Waals surface area (Å²) in [6.07, 6.45) is 0. The number of nitrogens with zero attached hydrogens (tertiary/aromatic N) is 1. The molecule has 1 heterocycles. The Kier molecular flexibility index (Phi) is 5.76. The molecule has 4 nitrogen and oxygen atoms in total. The van der Waals surface area contributed by atoms with Crippen molar-refractivity contribution in [3.63, 3.8) is 0 Å². The average molecular weight is 383 g/mol. The first-order valence-corrected chi connectivity index (χ1v) is 9.23. The molecule has 126 valence electrons. The second-order valence-electron chi connectivity index (χ2n) is 4.93. The number of aromatic nitrogens is 2. The van der Waals surface area contributed by atoms with E-state index in [2.05, 4.69) is 9.97 Å². The first kappa shape index (κ1) is 17.3. The van der Waals surface area contributed by atoms with Crippen molar-refractivity contribution < 1.29 is 9.47 Å². The molecule has 2 aromatic carbocycles. The lowest BCUT2D eigenvalue weighted by Crippen LogP contribution is -2.00. The zero-order chi connectivity index (χ0) is 16.9. The zero-order valence-electron chi connectivity index (χ0n) is 13.0. The molecular weight excluding hydrogens is 367 g/mol. The molecule has 0 saturated heterocycles. The summed E-state index contributed by atoms with van der Waals surface area (Å²) in [5.41, 5.74) is 1.88. The van der Waals surface area contributed by atoms with Crippen LogP contribution in [-0.4, -0.2) is 28.9 Å². The van der Waals surface area contributed by atoms with E-state index < -0.39 is 0 Å². The van der Waals surface area contributed by atoms with Gasteiger partial charge in [0.05, 0.1) is 29.3 Å². The standard InChI is InChI=1S/C17H16Cl2N2O2S/c1-2-22-12-4-5-14-15(10-12)21-17(20-14)24-8-7-23-16-6-3-11(18)9-13(16)19/h3-6,9-10H,2,7-8H2,1H3,(H,20,21). The number of benzene rings is 2. The van der Waals surface area contributed by atoms with Gasteiger partial charge in [0.2, 0.25) is 0 Å². The molecular formula is C17H16Cl2N2O2S. The number of H-pyrrole nitrogens is 1. The maximum absolute atomic E-state index is 6.07. The second kappa shape index (κ2) is 8.01. The van der Waals surface area contributed by atoms with E-state index in [0.717, 1.165) is 27.7 Å². The van der Waals surface area contributed by atoms with Crippen molar-refractivity contribution in [1.29, 1.82) is 0 Å². The van der Waals surface area contributed by atoms with Gasteiger partial charge in [-0.15, -0.1) is 0 Å². The number of aromatic amines is 1. The molecule has 7 heteroatoms. The van der Waals surface area contributed by atoms with E-state index in [1.807, 2.05) is 25.1 Å². The van der Waals surface area contributed by atoms with Crippen LogP contribution in [0.1, 0.15) is 6.92 Å². The third-order valence-electron chi connectivity index (χ3n) is 3.22. The molecule has 0 saturated carbocycles. The molecule has 24 heavy (non-hydrogen) atoms. The molecule has 0 aliphatic carbocycles. The Bertz CT molecular complexity index is 839. The summed E-state index contributed by atoms with van der Waals surface area (Å²) in [7, 11) is 0. The predicted octanol–water partition coefficient (Wildman–Crippen LogP) is 5.44. The summed E-state index contributed by atoms with van der Waals surface area (Å²) in [6, 6.07) is 11.0. The van der Waals surface area contributed by atoms with E-state index in [4.69, 9.17) is 32.7 Å². The number of rotatable bonds is 7. The van der Waals surface area contributed by atoms with Gasteiger partial charge >= 0.3 is 0 Å². The van der Waals surface area contributed by atoms with Gasteiger partial charge in [0.15, 0.2) is 5.16 Å². The maximum atomic E-state index is 6.07. The van der Waals surface area contributed by atoms with Gasteiger partial charge in [0.25, 0.3) is 0 Å². The van der Waals surface area contributed by atoms with Crippen LogP contribution in [0, 0.1) is 0 Å². The number of thioether (sulfide) groups is 1. The van der Waals surface area contributed by atoms with Crippen molar-refractivity contribution in [2.24, 2.45) is 0 Å². The maximum Gasteiger partial charge on any atom is 0.166 e. The van der Waals surface area contributed by atoms with Crippen LogP contribution in [0.15, 0.2) is 41.6 Å². The van der Waals surface area contributed by atoms with E-state index in [1.165, 1.54) is 0 Å². The van der Waals surface area contributed by atoms with Crippen LogP contribution < -0.4 is 9.47 Å². The highest BCUT2D eigenvalue weighted by Gasteiger charge is 2.06. The number of nitrogens with one attached hydrogen (secondary N) is 1. The average Bonchev–Trinajstić information content (AvgIpc) is 2.95. The van der Waals surface area contributed by atoms with E-state index >= 15 is 0 Å². The number of ether oxygens (including phenoxy) is 2. The Morgan fingerprint density at radius 3 is 2.79 bits per heavy atom. The third kappa shape index (κ3) is 4.29. The molecule has 3 aromatic rings. The molecule has 0 bridgehead atoms. The van der Waals surface area contributed by atoms with E-state index in [1.54, 1.807) is 30.0 Å². The van der Waals surface area contributed by atoms with Gasteiger partial charge in [-0.05, 0) is 37.3 Å². The van der Waals surface area contributed by atoms with Crippen LogP contribution in [0.3, 0.4) is 0 Å². The van der Waals surface area contributed by atoms with Crippen LogP contribution in [0.5, 0.6) is 11.5 Å². The molecule has 0 spiro atoms. The van der Waals surface area contributed by atoms with Crippen molar-refractivity contribution in [2.45, 2.75) is 12.1 Å². The minimum absolute atomic E-state index is 0.514. The minimum atomic E-state index is 0.514. The molecule has 1 N–H and O–H groups in total. The monoisotopic (exact) mass is 382 g/mol. The van der Waals surface area contributed by atoms with Crippen LogP contribution in [-0.2, 0) is 0 Å². The number of hydrogen-bond acceptors (Lipinski definition) is 4. The van der Waals surface area contributed by atoms with Crippen molar-refractivity contribution in [3.05, 3.63) is 46.4 Å². The van der Waals surface area contributed by atoms with Crippen LogP contribution in [0.25, 0.3) is 11.0 Å². The van der Waals surface area contributed by atoms with Gasteiger partial charge in [-0.2, -0.15) is 0 Å². The summed E-state index contributed by atoms with van der Waals surface area (Å²) >= 11 is 13.5. The number of fused-ring (bicyclic) bond motifs is 1. The first-order valence-electron chi connectivity index (χ1n) is 7.49. The highest BCUT2D eigenvalue weighted by atomic mass is 35.5. The van der Waals surface area contributed by atoms with E-state index in [9.17, 15) is 0 Å². The molecule has 3 rings (SSSR count). The number of halogens is 2. The SMILES string of the molecule is CCOc1ccc2nc(SCCOc3ccc(Cl)cc3Cl)[nH]c2c1. The topological polar surface area (TPSA) is 47.1 Å². The van der Waals surface area contributed by atoms with E-state index in [-0.39, 0.29) is 0 Å². The molecule has 0 aliphatic heterocycles. The summed E-state index contributed by atoms with van der Waals surface area (Å²) in [6.45, 7) is 3.13. The Morgan fingerprint density at radius 2 is 2.00 bits per heavy atom. The molecule has 1 aromatic heterocycles. The Hall–Kier alpha value is -1.56. The fraction of sp³-hybridized carbons (Fsp3) is 0.235. The summed E-state index contributed by atoms with van der Waals surface area (Å²) < 4.78 is 11.2. The second-order valence-corrected chi connectivity index (χ2v) is 6.85. The zero-order valence-corrected chi connectivity index (χ0v) is 15.3. The Morgan fingerprint density at radius 1 is 1.12 bits per heavy atom. The van der Waals surface area contributed by atoms with Crippen molar-refractivity contribution in [3.8, 4) is 11.5 Å². The lowest BCUT2D eigenvalue weighted by molar-refractivity contribution is 0.340.